The van der Waals surface area contributed by atoms with Crippen LogP contribution in [-0.2, 0) is 9.47 Å². The van der Waals surface area contributed by atoms with Crippen LogP contribution < -0.4 is 15.8 Å². The number of esters is 2. The Morgan fingerprint density at radius 2 is 1.56 bits per heavy atom. The van der Waals surface area contributed by atoms with Crippen molar-refractivity contribution in [2.75, 3.05) is 38.4 Å². The summed E-state index contributed by atoms with van der Waals surface area (Å²) in [5.41, 5.74) is 6.83. The van der Waals surface area contributed by atoms with E-state index in [1.165, 1.54) is 36.9 Å². The Morgan fingerprint density at radius 3 is 2.19 bits per heavy atom. The maximum atomic E-state index is 11.4. The second-order valence-corrected chi connectivity index (χ2v) is 8.98. The molecule has 0 bridgehead atoms. The molecule has 0 atom stereocenters. The number of rotatable bonds is 2. The van der Waals surface area contributed by atoms with Crippen LogP contribution in [0.15, 0.2) is 36.4 Å². The lowest BCUT2D eigenvalue weighted by Gasteiger charge is -2.18. The summed E-state index contributed by atoms with van der Waals surface area (Å²) < 4.78 is 16.7. The second kappa shape index (κ2) is 8.93. The first-order chi connectivity index (χ1) is 15.4. The van der Waals surface area contributed by atoms with Gasteiger partial charge in [-0.05, 0) is 41.1 Å². The van der Waals surface area contributed by atoms with Gasteiger partial charge in [-0.1, -0.05) is 0 Å². The van der Waals surface area contributed by atoms with Crippen LogP contribution in [0.25, 0.3) is 20.2 Å². The summed E-state index contributed by atoms with van der Waals surface area (Å²) in [6, 6.07) is 10.7. The summed E-state index contributed by atoms with van der Waals surface area (Å²) in [7, 11) is 2.72. The van der Waals surface area contributed by atoms with Gasteiger partial charge in [0.25, 0.3) is 0 Å². The summed E-state index contributed by atoms with van der Waals surface area (Å²) in [5, 5.41) is 14.5. The molecule has 0 unspecified atom stereocenters. The van der Waals surface area contributed by atoms with Crippen molar-refractivity contribution in [2.24, 2.45) is 0 Å². The summed E-state index contributed by atoms with van der Waals surface area (Å²) in [6.45, 7) is 1.49. The number of nitrogen functional groups attached to an aromatic ring is 1. The van der Waals surface area contributed by atoms with Crippen LogP contribution in [0.5, 0.6) is 11.5 Å². The third-order valence-electron chi connectivity index (χ3n) is 4.73. The zero-order valence-corrected chi connectivity index (χ0v) is 18.9. The number of carbonyl (C=O) groups is 2. The summed E-state index contributed by atoms with van der Waals surface area (Å²) >= 11 is 2.68. The van der Waals surface area contributed by atoms with Crippen LogP contribution in [-0.4, -0.2) is 44.4 Å². The Bertz CT molecular complexity index is 1250. The molecule has 1 aliphatic heterocycles. The molecule has 0 saturated heterocycles. The number of fused-ring (bicyclic) bond motifs is 3. The largest absolute Gasteiger partial charge is 0.506 e. The minimum Gasteiger partial charge on any atom is -0.506 e. The Balaban J connectivity index is 0.000000155. The molecule has 4 N–H and O–H groups in total. The van der Waals surface area contributed by atoms with Gasteiger partial charge in [0.2, 0.25) is 0 Å². The summed E-state index contributed by atoms with van der Waals surface area (Å²) in [5.74, 6) is 0.204. The highest BCUT2D eigenvalue weighted by Crippen LogP contribution is 2.36. The van der Waals surface area contributed by atoms with Crippen molar-refractivity contribution in [1.29, 1.82) is 0 Å². The third-order valence-corrected chi connectivity index (χ3v) is 6.89. The van der Waals surface area contributed by atoms with Gasteiger partial charge in [0.05, 0.1) is 25.6 Å². The van der Waals surface area contributed by atoms with Gasteiger partial charge >= 0.3 is 11.9 Å². The van der Waals surface area contributed by atoms with E-state index in [-0.39, 0.29) is 17.7 Å². The minimum absolute atomic E-state index is 0.0285. The molecular formula is C22H20N2O6S2. The smallest absolute Gasteiger partial charge is 0.348 e. The van der Waals surface area contributed by atoms with Gasteiger partial charge in [0.1, 0.15) is 27.9 Å². The second-order valence-electron chi connectivity index (χ2n) is 6.81. The minimum atomic E-state index is -0.380. The first kappa shape index (κ1) is 21.7. The van der Waals surface area contributed by atoms with Crippen molar-refractivity contribution >= 4 is 66.2 Å². The Morgan fingerprint density at radius 1 is 0.969 bits per heavy atom. The monoisotopic (exact) mass is 472 g/mol. The van der Waals surface area contributed by atoms with E-state index in [2.05, 4.69) is 10.1 Å². The highest BCUT2D eigenvalue weighted by molar-refractivity contribution is 7.21. The maximum absolute atomic E-state index is 11.4. The van der Waals surface area contributed by atoms with Crippen molar-refractivity contribution in [2.45, 2.75) is 0 Å². The van der Waals surface area contributed by atoms with Gasteiger partial charge in [0, 0.05) is 22.0 Å². The molecule has 4 aromatic rings. The number of nitrogens with one attached hydrogen (secondary N) is 1. The van der Waals surface area contributed by atoms with Crippen molar-refractivity contribution in [1.82, 2.24) is 0 Å². The number of carbonyl (C=O) groups excluding carboxylic acids is 2. The molecule has 0 saturated carbocycles. The Kier molecular flexibility index (Phi) is 6.06. The van der Waals surface area contributed by atoms with E-state index in [1.54, 1.807) is 18.2 Å². The van der Waals surface area contributed by atoms with E-state index in [1.807, 2.05) is 18.2 Å². The number of hydrogen-bond acceptors (Lipinski definition) is 10. The molecule has 0 aliphatic carbocycles. The summed E-state index contributed by atoms with van der Waals surface area (Å²) in [6.07, 6.45) is 0. The van der Waals surface area contributed by atoms with Crippen LogP contribution in [0.1, 0.15) is 19.3 Å². The molecule has 10 heteroatoms. The van der Waals surface area contributed by atoms with Crippen LogP contribution >= 0.6 is 22.7 Å². The number of nitrogens with two attached hydrogens (primary N) is 1. The molecule has 2 aromatic heterocycles. The first-order valence-electron chi connectivity index (χ1n) is 9.52. The number of phenolic OH excluding ortho intramolecular Hbond substituents is 1. The average molecular weight is 473 g/mol. The molecule has 0 amide bonds. The van der Waals surface area contributed by atoms with Gasteiger partial charge in [-0.2, -0.15) is 0 Å². The predicted octanol–water partition coefficient (Wildman–Crippen LogP) is 4.47. The quantitative estimate of drug-likeness (QED) is 0.222. The lowest BCUT2D eigenvalue weighted by atomic mass is 10.2. The van der Waals surface area contributed by atoms with E-state index < -0.39 is 0 Å². The molecule has 166 valence electrons. The van der Waals surface area contributed by atoms with Crippen molar-refractivity contribution < 1.29 is 28.9 Å². The van der Waals surface area contributed by atoms with Crippen LogP contribution in [0.4, 0.5) is 11.4 Å². The van der Waals surface area contributed by atoms with Crippen LogP contribution in [0.3, 0.4) is 0 Å². The maximum Gasteiger partial charge on any atom is 0.348 e. The highest BCUT2D eigenvalue weighted by atomic mass is 32.1. The standard InChI is InChI=1S/C12H11NO3S.C10H9NO3S/c1-15-12(14)11-5-7-4-8-9(6-10(7)17-11)16-3-2-13-8;1-14-10(13)9-3-5-2-6(11)7(12)4-8(5)15-9/h4-6,13H,2-3H2,1H3;2-4,12H,11H2,1H3. The number of thiophene rings is 2. The van der Waals surface area contributed by atoms with Crippen molar-refractivity contribution in [3.63, 3.8) is 0 Å². The number of benzene rings is 2. The first-order valence-corrected chi connectivity index (χ1v) is 11.2. The number of phenols is 1. The average Bonchev–Trinajstić information content (AvgIpc) is 3.40. The fourth-order valence-corrected chi connectivity index (χ4v) is 5.16. The number of ether oxygens (including phenoxy) is 3. The molecule has 0 spiro atoms. The molecule has 32 heavy (non-hydrogen) atoms. The fraction of sp³-hybridized carbons (Fsp3) is 0.182. The number of anilines is 2. The zero-order chi connectivity index (χ0) is 22.8. The van der Waals surface area contributed by atoms with E-state index in [4.69, 9.17) is 15.2 Å². The number of methoxy groups -OCH3 is 2. The molecule has 5 rings (SSSR count). The van der Waals surface area contributed by atoms with E-state index in [9.17, 15) is 14.7 Å². The predicted molar refractivity (Wildman–Crippen MR) is 126 cm³/mol. The molecule has 3 heterocycles. The summed E-state index contributed by atoms with van der Waals surface area (Å²) in [4.78, 5) is 23.8. The third kappa shape index (κ3) is 4.27. The van der Waals surface area contributed by atoms with Gasteiger partial charge in [0.15, 0.2) is 0 Å². The van der Waals surface area contributed by atoms with Gasteiger partial charge in [-0.15, -0.1) is 22.7 Å². The topological polar surface area (TPSA) is 120 Å². The lowest BCUT2D eigenvalue weighted by molar-refractivity contribution is 0.0597. The van der Waals surface area contributed by atoms with E-state index in [0.717, 1.165) is 38.2 Å². The molecule has 8 nitrogen and oxygen atoms in total. The molecule has 2 aromatic carbocycles. The Hall–Kier alpha value is -3.50. The fourth-order valence-electron chi connectivity index (χ4n) is 3.17. The normalized spacial score (nSPS) is 12.2. The van der Waals surface area contributed by atoms with E-state index in [0.29, 0.717) is 22.0 Å². The molecule has 0 radical (unpaired) electrons. The molecular weight excluding hydrogens is 452 g/mol. The van der Waals surface area contributed by atoms with Crippen molar-refractivity contribution in [3.8, 4) is 11.5 Å². The van der Waals surface area contributed by atoms with Crippen LogP contribution in [0.2, 0.25) is 0 Å². The number of aromatic hydroxyl groups is 1. The van der Waals surface area contributed by atoms with Gasteiger partial charge < -0.3 is 30.4 Å². The molecule has 1 aliphatic rings. The van der Waals surface area contributed by atoms with Gasteiger partial charge in [-0.3, -0.25) is 0 Å². The van der Waals surface area contributed by atoms with E-state index >= 15 is 0 Å². The van der Waals surface area contributed by atoms with Gasteiger partial charge in [-0.25, -0.2) is 9.59 Å². The van der Waals surface area contributed by atoms with Crippen LogP contribution in [0, 0.1) is 0 Å². The zero-order valence-electron chi connectivity index (χ0n) is 17.3. The SMILES string of the molecule is COC(=O)c1cc2cc(N)c(O)cc2s1.COC(=O)c1cc2cc3c(cc2s1)OCCN3. The highest BCUT2D eigenvalue weighted by Gasteiger charge is 2.15. The number of hydrogen-bond donors (Lipinski definition) is 3. The van der Waals surface area contributed by atoms with Crippen molar-refractivity contribution in [3.05, 3.63) is 46.2 Å². The molecule has 0 fully saturated rings. The Labute approximate surface area is 191 Å². The lowest BCUT2D eigenvalue weighted by Crippen LogP contribution is -2.17.